The highest BCUT2D eigenvalue weighted by molar-refractivity contribution is 7.89. The van der Waals surface area contributed by atoms with Crippen LogP contribution < -0.4 is 10.2 Å². The smallest absolute Gasteiger partial charge is 0.259 e. The normalized spacial score (nSPS) is 17.4. The van der Waals surface area contributed by atoms with E-state index in [1.807, 2.05) is 13.8 Å². The molecule has 1 heterocycles. The molecule has 3 aromatic rings. The van der Waals surface area contributed by atoms with E-state index < -0.39 is 32.0 Å². The van der Waals surface area contributed by atoms with Gasteiger partial charge in [0.1, 0.15) is 11.8 Å². The molecule has 4 rings (SSSR count). The minimum absolute atomic E-state index is 0.00868. The van der Waals surface area contributed by atoms with Gasteiger partial charge in [-0.25, -0.2) is 22.3 Å². The van der Waals surface area contributed by atoms with E-state index in [1.165, 1.54) is 30.5 Å². The molecule has 1 saturated heterocycles. The zero-order chi connectivity index (χ0) is 28.0. The number of nitrogens with zero attached hydrogens (tertiary/aromatic N) is 3. The summed E-state index contributed by atoms with van der Waals surface area (Å²) in [5, 5.41) is 3.99. The number of hydrazone groups is 1. The van der Waals surface area contributed by atoms with Gasteiger partial charge in [-0.3, -0.25) is 4.79 Å². The standard InChI is InChI=1S/C27H30N4O6S2/c1-21(2)37-23-15-13-22(14-16-23)19-28-29-27(32)26-20-30(38(33,34)24-9-5-3-6-10-24)17-18-31(26)39(35,36)25-11-7-4-8-12-25/h3-16,19,21,26H,17-18,20H2,1-2H3,(H,29,32)/b28-19-/t26-/m1/s1. The second kappa shape index (κ2) is 12.1. The summed E-state index contributed by atoms with van der Waals surface area (Å²) in [5.41, 5.74) is 3.06. The van der Waals surface area contributed by atoms with Gasteiger partial charge < -0.3 is 4.74 Å². The average Bonchev–Trinajstić information content (AvgIpc) is 2.94. The Labute approximate surface area is 229 Å². The zero-order valence-electron chi connectivity index (χ0n) is 21.5. The van der Waals surface area contributed by atoms with Crippen LogP contribution in [0, 0.1) is 0 Å². The molecule has 0 aliphatic carbocycles. The van der Waals surface area contributed by atoms with Crippen LogP contribution in [0.4, 0.5) is 0 Å². The third kappa shape index (κ3) is 6.71. The van der Waals surface area contributed by atoms with Gasteiger partial charge in [0.2, 0.25) is 20.0 Å². The number of hydrogen-bond acceptors (Lipinski definition) is 7. The van der Waals surface area contributed by atoms with Crippen molar-refractivity contribution < 1.29 is 26.4 Å². The predicted molar refractivity (Wildman–Crippen MR) is 147 cm³/mol. The molecule has 1 amide bonds. The van der Waals surface area contributed by atoms with Crippen LogP contribution in [-0.2, 0) is 24.8 Å². The fraction of sp³-hybridized carbons (Fsp3) is 0.259. The quantitative estimate of drug-likeness (QED) is 0.312. The number of ether oxygens (including phenoxy) is 1. The Morgan fingerprint density at radius 1 is 0.872 bits per heavy atom. The summed E-state index contributed by atoms with van der Waals surface area (Å²) in [7, 11) is -8.05. The van der Waals surface area contributed by atoms with Crippen LogP contribution in [0.15, 0.2) is 99.8 Å². The lowest BCUT2D eigenvalue weighted by Gasteiger charge is -2.38. The lowest BCUT2D eigenvalue weighted by Crippen LogP contribution is -2.60. The molecule has 12 heteroatoms. The van der Waals surface area contributed by atoms with E-state index in [0.717, 1.165) is 8.61 Å². The number of carbonyl (C=O) groups is 1. The van der Waals surface area contributed by atoms with Crippen molar-refractivity contribution >= 4 is 32.2 Å². The van der Waals surface area contributed by atoms with Crippen molar-refractivity contribution in [3.8, 4) is 5.75 Å². The molecule has 1 aliphatic heterocycles. The van der Waals surface area contributed by atoms with Gasteiger partial charge in [0.05, 0.1) is 22.1 Å². The van der Waals surface area contributed by atoms with E-state index in [4.69, 9.17) is 4.74 Å². The maximum atomic E-state index is 13.5. The molecule has 1 atom stereocenters. The minimum atomic E-state index is -4.10. The highest BCUT2D eigenvalue weighted by Gasteiger charge is 2.43. The Morgan fingerprint density at radius 2 is 1.44 bits per heavy atom. The maximum Gasteiger partial charge on any atom is 0.259 e. The third-order valence-electron chi connectivity index (χ3n) is 5.97. The number of piperazine rings is 1. The second-order valence-electron chi connectivity index (χ2n) is 9.09. The SMILES string of the molecule is CC(C)Oc1ccc(/C=N\NC(=O)[C@H]2CN(S(=O)(=O)c3ccccc3)CCN2S(=O)(=O)c2ccccc2)cc1. The summed E-state index contributed by atoms with van der Waals surface area (Å²) in [6.07, 6.45) is 1.44. The van der Waals surface area contributed by atoms with Gasteiger partial charge in [0.15, 0.2) is 0 Å². The molecule has 0 radical (unpaired) electrons. The van der Waals surface area contributed by atoms with Crippen molar-refractivity contribution in [1.29, 1.82) is 0 Å². The van der Waals surface area contributed by atoms with Gasteiger partial charge in [-0.2, -0.15) is 13.7 Å². The predicted octanol–water partition coefficient (Wildman–Crippen LogP) is 2.69. The Bertz CT molecular complexity index is 1510. The summed E-state index contributed by atoms with van der Waals surface area (Å²) in [4.78, 5) is 13.4. The Balaban J connectivity index is 1.57. The first-order valence-electron chi connectivity index (χ1n) is 12.3. The molecule has 0 bridgehead atoms. The monoisotopic (exact) mass is 570 g/mol. The number of sulfonamides is 2. The fourth-order valence-corrected chi connectivity index (χ4v) is 7.13. The van der Waals surface area contributed by atoms with Crippen LogP contribution in [0.3, 0.4) is 0 Å². The molecule has 0 spiro atoms. The van der Waals surface area contributed by atoms with Crippen LogP contribution in [0.25, 0.3) is 0 Å². The summed E-state index contributed by atoms with van der Waals surface area (Å²) < 4.78 is 61.2. The van der Waals surface area contributed by atoms with E-state index in [1.54, 1.807) is 60.7 Å². The molecule has 1 fully saturated rings. The van der Waals surface area contributed by atoms with E-state index in [0.29, 0.717) is 11.3 Å². The van der Waals surface area contributed by atoms with E-state index in [9.17, 15) is 21.6 Å². The molecule has 206 valence electrons. The first-order valence-corrected chi connectivity index (χ1v) is 15.2. The summed E-state index contributed by atoms with van der Waals surface area (Å²) in [6.45, 7) is 3.16. The van der Waals surface area contributed by atoms with Crippen molar-refractivity contribution in [1.82, 2.24) is 14.0 Å². The van der Waals surface area contributed by atoms with Gasteiger partial charge >= 0.3 is 0 Å². The van der Waals surface area contributed by atoms with E-state index >= 15 is 0 Å². The Kier molecular flexibility index (Phi) is 8.80. The number of amides is 1. The summed E-state index contributed by atoms with van der Waals surface area (Å²) >= 11 is 0. The topological polar surface area (TPSA) is 125 Å². The van der Waals surface area contributed by atoms with Crippen LogP contribution in [-0.4, -0.2) is 69.3 Å². The van der Waals surface area contributed by atoms with E-state index in [2.05, 4.69) is 10.5 Å². The third-order valence-corrected chi connectivity index (χ3v) is 9.77. The average molecular weight is 571 g/mol. The first kappa shape index (κ1) is 28.4. The highest BCUT2D eigenvalue weighted by Crippen LogP contribution is 2.25. The van der Waals surface area contributed by atoms with Crippen LogP contribution in [0.1, 0.15) is 19.4 Å². The largest absolute Gasteiger partial charge is 0.491 e. The number of carbonyl (C=O) groups excluding carboxylic acids is 1. The Morgan fingerprint density at radius 3 is 2.00 bits per heavy atom. The molecule has 0 saturated carbocycles. The number of rotatable bonds is 9. The molecule has 1 N–H and O–H groups in total. The number of benzene rings is 3. The van der Waals surface area contributed by atoms with Gasteiger partial charge in [-0.1, -0.05) is 36.4 Å². The Hall–Kier alpha value is -3.58. The van der Waals surface area contributed by atoms with Crippen LogP contribution in [0.5, 0.6) is 5.75 Å². The van der Waals surface area contributed by atoms with Gasteiger partial charge in [-0.05, 0) is 67.9 Å². The van der Waals surface area contributed by atoms with E-state index in [-0.39, 0.29) is 35.5 Å². The molecule has 0 aromatic heterocycles. The van der Waals surface area contributed by atoms with Crippen molar-refractivity contribution in [2.75, 3.05) is 19.6 Å². The van der Waals surface area contributed by atoms with Crippen molar-refractivity contribution in [3.05, 3.63) is 90.5 Å². The second-order valence-corrected chi connectivity index (χ2v) is 12.9. The fourth-order valence-electron chi connectivity index (χ4n) is 4.08. The van der Waals surface area contributed by atoms with Crippen LogP contribution >= 0.6 is 0 Å². The van der Waals surface area contributed by atoms with Gasteiger partial charge in [-0.15, -0.1) is 0 Å². The lowest BCUT2D eigenvalue weighted by molar-refractivity contribution is -0.125. The molecule has 39 heavy (non-hydrogen) atoms. The number of hydrogen-bond donors (Lipinski definition) is 1. The zero-order valence-corrected chi connectivity index (χ0v) is 23.2. The van der Waals surface area contributed by atoms with Crippen molar-refractivity contribution in [2.45, 2.75) is 35.8 Å². The molecular formula is C27H30N4O6S2. The highest BCUT2D eigenvalue weighted by atomic mass is 32.2. The number of nitrogens with one attached hydrogen (secondary N) is 1. The molecular weight excluding hydrogens is 540 g/mol. The van der Waals surface area contributed by atoms with Gasteiger partial charge in [0, 0.05) is 19.6 Å². The minimum Gasteiger partial charge on any atom is -0.491 e. The van der Waals surface area contributed by atoms with Crippen LogP contribution in [0.2, 0.25) is 0 Å². The molecule has 1 aliphatic rings. The van der Waals surface area contributed by atoms with Crippen molar-refractivity contribution in [3.63, 3.8) is 0 Å². The summed E-state index contributed by atoms with van der Waals surface area (Å²) in [5.74, 6) is -0.0617. The maximum absolute atomic E-state index is 13.5. The first-order chi connectivity index (χ1) is 18.6. The molecule has 0 unspecified atom stereocenters. The lowest BCUT2D eigenvalue weighted by atomic mass is 10.2. The van der Waals surface area contributed by atoms with Gasteiger partial charge in [0.25, 0.3) is 5.91 Å². The molecule has 3 aromatic carbocycles. The van der Waals surface area contributed by atoms with Crippen molar-refractivity contribution in [2.24, 2.45) is 5.10 Å². The molecule has 10 nitrogen and oxygen atoms in total. The summed E-state index contributed by atoms with van der Waals surface area (Å²) in [6, 6.07) is 21.2.